The lowest BCUT2D eigenvalue weighted by Gasteiger charge is -2.07. The fourth-order valence-electron chi connectivity index (χ4n) is 2.62. The molecular formula is C20H18N2O5. The Labute approximate surface area is 155 Å². The molecule has 7 heteroatoms. The lowest BCUT2D eigenvalue weighted by molar-refractivity contribution is -0.144. The molecule has 138 valence electrons. The average molecular weight is 366 g/mol. The monoisotopic (exact) mass is 366 g/mol. The van der Waals surface area contributed by atoms with E-state index in [0.717, 1.165) is 0 Å². The summed E-state index contributed by atoms with van der Waals surface area (Å²) >= 11 is 0. The van der Waals surface area contributed by atoms with Crippen molar-refractivity contribution >= 4 is 22.8 Å². The predicted octanol–water partition coefficient (Wildman–Crippen LogP) is 2.39. The second-order valence-electron chi connectivity index (χ2n) is 5.88. The summed E-state index contributed by atoms with van der Waals surface area (Å²) in [5, 5.41) is 0.509. The number of carbonyl (C=O) groups is 2. The summed E-state index contributed by atoms with van der Waals surface area (Å²) in [4.78, 5) is 42.5. The molecule has 1 N–H and O–H groups in total. The Morgan fingerprint density at radius 3 is 2.74 bits per heavy atom. The van der Waals surface area contributed by atoms with Gasteiger partial charge in [0.15, 0.2) is 0 Å². The van der Waals surface area contributed by atoms with Crippen molar-refractivity contribution in [3.63, 3.8) is 0 Å². The van der Waals surface area contributed by atoms with Gasteiger partial charge >= 0.3 is 11.9 Å². The van der Waals surface area contributed by atoms with Gasteiger partial charge in [0.2, 0.25) is 0 Å². The number of aromatic amines is 1. The number of hydrogen-bond acceptors (Lipinski definition) is 6. The quantitative estimate of drug-likeness (QED) is 0.673. The van der Waals surface area contributed by atoms with E-state index in [1.807, 2.05) is 0 Å². The Bertz CT molecular complexity index is 1040. The Morgan fingerprint density at radius 1 is 1.11 bits per heavy atom. The zero-order valence-electron chi connectivity index (χ0n) is 14.7. The number of rotatable bonds is 6. The summed E-state index contributed by atoms with van der Waals surface area (Å²) in [6.07, 6.45) is 0.346. The molecule has 27 heavy (non-hydrogen) atoms. The van der Waals surface area contributed by atoms with Gasteiger partial charge in [-0.15, -0.1) is 0 Å². The number of nitrogens with zero attached hydrogens (tertiary/aromatic N) is 1. The fraction of sp³-hybridized carbons (Fsp3) is 0.200. The van der Waals surface area contributed by atoms with E-state index in [0.29, 0.717) is 27.9 Å². The molecule has 0 bridgehead atoms. The molecular weight excluding hydrogens is 348 g/mol. The average Bonchev–Trinajstić information content (AvgIpc) is 2.70. The van der Waals surface area contributed by atoms with Crippen molar-refractivity contribution in [2.45, 2.75) is 19.4 Å². The minimum atomic E-state index is -0.450. The molecule has 0 radical (unpaired) electrons. The van der Waals surface area contributed by atoms with Gasteiger partial charge in [0, 0.05) is 6.42 Å². The van der Waals surface area contributed by atoms with Crippen molar-refractivity contribution in [2.75, 3.05) is 7.11 Å². The zero-order chi connectivity index (χ0) is 19.2. The first-order chi connectivity index (χ1) is 13.1. The van der Waals surface area contributed by atoms with E-state index < -0.39 is 11.9 Å². The Hall–Kier alpha value is -3.48. The predicted molar refractivity (Wildman–Crippen MR) is 98.3 cm³/mol. The number of esters is 2. The number of aryl methyl sites for hydroxylation is 1. The third-order valence-electron chi connectivity index (χ3n) is 3.98. The van der Waals surface area contributed by atoms with Crippen LogP contribution in [0.4, 0.5) is 0 Å². The lowest BCUT2D eigenvalue weighted by Crippen LogP contribution is -2.14. The highest BCUT2D eigenvalue weighted by Gasteiger charge is 2.10. The van der Waals surface area contributed by atoms with Crippen LogP contribution in [0.25, 0.3) is 10.9 Å². The topological polar surface area (TPSA) is 98.3 Å². The van der Waals surface area contributed by atoms with E-state index in [2.05, 4.69) is 14.7 Å². The number of hydrogen-bond donors (Lipinski definition) is 1. The molecule has 3 rings (SSSR count). The van der Waals surface area contributed by atoms with Crippen LogP contribution in [0.5, 0.6) is 0 Å². The number of methoxy groups -OCH3 is 1. The molecule has 1 heterocycles. The maximum absolute atomic E-state index is 12.0. The summed E-state index contributed by atoms with van der Waals surface area (Å²) in [6.45, 7) is 0.0470. The first-order valence-electron chi connectivity index (χ1n) is 8.37. The number of ether oxygens (including phenoxy) is 2. The molecule has 0 saturated heterocycles. The van der Waals surface area contributed by atoms with Gasteiger partial charge in [-0.05, 0) is 29.8 Å². The number of para-hydroxylation sites is 1. The van der Waals surface area contributed by atoms with Crippen molar-refractivity contribution in [2.24, 2.45) is 0 Å². The second kappa shape index (κ2) is 8.27. The first kappa shape index (κ1) is 18.3. The van der Waals surface area contributed by atoms with Crippen LogP contribution >= 0.6 is 0 Å². The Kier molecular flexibility index (Phi) is 5.61. The largest absolute Gasteiger partial charge is 0.465 e. The zero-order valence-corrected chi connectivity index (χ0v) is 14.7. The van der Waals surface area contributed by atoms with Crippen LogP contribution in [0.3, 0.4) is 0 Å². The summed E-state index contributed by atoms with van der Waals surface area (Å²) in [6, 6.07) is 13.7. The van der Waals surface area contributed by atoms with Crippen molar-refractivity contribution in [1.29, 1.82) is 0 Å². The number of fused-ring (bicyclic) bond motifs is 1. The van der Waals surface area contributed by atoms with Gasteiger partial charge in [-0.25, -0.2) is 9.78 Å². The first-order valence-corrected chi connectivity index (χ1v) is 8.37. The molecule has 7 nitrogen and oxygen atoms in total. The normalized spacial score (nSPS) is 10.6. The highest BCUT2D eigenvalue weighted by molar-refractivity contribution is 5.89. The van der Waals surface area contributed by atoms with Gasteiger partial charge < -0.3 is 14.5 Å². The van der Waals surface area contributed by atoms with Crippen molar-refractivity contribution in [3.05, 3.63) is 75.8 Å². The summed E-state index contributed by atoms with van der Waals surface area (Å²) in [5.41, 5.74) is 1.43. The van der Waals surface area contributed by atoms with E-state index in [4.69, 9.17) is 4.74 Å². The van der Waals surface area contributed by atoms with Gasteiger partial charge in [-0.1, -0.05) is 24.3 Å². The Morgan fingerprint density at radius 2 is 1.93 bits per heavy atom. The van der Waals surface area contributed by atoms with Crippen LogP contribution in [0.1, 0.15) is 28.2 Å². The third kappa shape index (κ3) is 4.58. The SMILES string of the molecule is COC(=O)c1cccc(COC(=O)CCc2nc3ccccc3c(=O)[nH]2)c1. The van der Waals surface area contributed by atoms with E-state index in [9.17, 15) is 14.4 Å². The molecule has 0 aliphatic carbocycles. The molecule has 0 aliphatic rings. The van der Waals surface area contributed by atoms with Crippen LogP contribution in [0.15, 0.2) is 53.3 Å². The molecule has 0 fully saturated rings. The molecule has 0 spiro atoms. The summed E-state index contributed by atoms with van der Waals surface area (Å²) in [7, 11) is 1.31. The van der Waals surface area contributed by atoms with Crippen molar-refractivity contribution in [1.82, 2.24) is 9.97 Å². The molecule has 0 saturated carbocycles. The highest BCUT2D eigenvalue weighted by Crippen LogP contribution is 2.10. The standard InChI is InChI=1S/C20H18N2O5/c1-26-20(25)14-6-4-5-13(11-14)12-27-18(23)10-9-17-21-16-8-3-2-7-15(16)19(24)22-17/h2-8,11H,9-10,12H2,1H3,(H,21,22,24). The number of benzene rings is 2. The van der Waals surface area contributed by atoms with Gasteiger partial charge in [0.05, 0.1) is 30.0 Å². The van der Waals surface area contributed by atoms with Crippen LogP contribution in [0, 0.1) is 0 Å². The molecule has 3 aromatic rings. The number of carbonyl (C=O) groups excluding carboxylic acids is 2. The maximum Gasteiger partial charge on any atom is 0.337 e. The minimum absolute atomic E-state index is 0.0470. The highest BCUT2D eigenvalue weighted by atomic mass is 16.5. The minimum Gasteiger partial charge on any atom is -0.465 e. The lowest BCUT2D eigenvalue weighted by atomic mass is 10.1. The molecule has 2 aromatic carbocycles. The van der Waals surface area contributed by atoms with Crippen LogP contribution in [0.2, 0.25) is 0 Å². The smallest absolute Gasteiger partial charge is 0.337 e. The van der Waals surface area contributed by atoms with Gasteiger partial charge in [0.25, 0.3) is 5.56 Å². The summed E-state index contributed by atoms with van der Waals surface area (Å²) < 4.78 is 9.89. The van der Waals surface area contributed by atoms with E-state index in [1.165, 1.54) is 7.11 Å². The van der Waals surface area contributed by atoms with Crippen LogP contribution in [-0.4, -0.2) is 29.0 Å². The Balaban J connectivity index is 1.57. The van der Waals surface area contributed by atoms with Crippen molar-refractivity contribution < 1.29 is 19.1 Å². The van der Waals surface area contributed by atoms with Crippen molar-refractivity contribution in [3.8, 4) is 0 Å². The molecule has 0 amide bonds. The summed E-state index contributed by atoms with van der Waals surface area (Å²) in [5.74, 6) is -0.438. The number of H-pyrrole nitrogens is 1. The third-order valence-corrected chi connectivity index (χ3v) is 3.98. The van der Waals surface area contributed by atoms with Crippen LogP contribution < -0.4 is 5.56 Å². The second-order valence-corrected chi connectivity index (χ2v) is 5.88. The van der Waals surface area contributed by atoms with Crippen LogP contribution in [-0.2, 0) is 27.3 Å². The molecule has 0 atom stereocenters. The van der Waals surface area contributed by atoms with E-state index in [-0.39, 0.29) is 25.0 Å². The molecule has 0 unspecified atom stereocenters. The van der Waals surface area contributed by atoms with Gasteiger partial charge in [-0.2, -0.15) is 0 Å². The van der Waals surface area contributed by atoms with Gasteiger partial charge in [0.1, 0.15) is 12.4 Å². The van der Waals surface area contributed by atoms with E-state index >= 15 is 0 Å². The fourth-order valence-corrected chi connectivity index (χ4v) is 2.62. The maximum atomic E-state index is 12.0. The van der Waals surface area contributed by atoms with E-state index in [1.54, 1.807) is 48.5 Å². The number of aromatic nitrogens is 2. The molecule has 0 aliphatic heterocycles. The molecule has 1 aromatic heterocycles. The van der Waals surface area contributed by atoms with Gasteiger partial charge in [-0.3, -0.25) is 9.59 Å². The number of nitrogens with one attached hydrogen (secondary N) is 1.